The van der Waals surface area contributed by atoms with Crippen molar-refractivity contribution < 1.29 is 18.6 Å². The number of β-amino-alcohol motifs (C(OH)–C–C–N with tert-alkyl or cyclic N) is 1. The molecule has 0 saturated carbocycles. The van der Waals surface area contributed by atoms with E-state index in [-0.39, 0.29) is 11.7 Å². The van der Waals surface area contributed by atoms with Crippen LogP contribution >= 0.6 is 0 Å². The predicted octanol–water partition coefficient (Wildman–Crippen LogP) is 3.68. The van der Waals surface area contributed by atoms with Crippen LogP contribution in [-0.2, 0) is 11.3 Å². The van der Waals surface area contributed by atoms with Gasteiger partial charge < -0.3 is 14.7 Å². The van der Waals surface area contributed by atoms with Crippen LogP contribution in [0, 0.1) is 11.6 Å². The van der Waals surface area contributed by atoms with Crippen molar-refractivity contribution in [2.45, 2.75) is 31.7 Å². The van der Waals surface area contributed by atoms with Crippen molar-refractivity contribution in [1.82, 2.24) is 4.90 Å². The van der Waals surface area contributed by atoms with Crippen LogP contribution in [-0.4, -0.2) is 35.7 Å². The fourth-order valence-corrected chi connectivity index (χ4v) is 3.16. The normalized spacial score (nSPS) is 17.6. The molecule has 0 aliphatic carbocycles. The van der Waals surface area contributed by atoms with E-state index in [4.69, 9.17) is 4.74 Å². The van der Waals surface area contributed by atoms with E-state index >= 15 is 0 Å². The lowest BCUT2D eigenvalue weighted by Gasteiger charge is -2.33. The molecular weight excluding hydrogens is 324 g/mol. The van der Waals surface area contributed by atoms with Crippen LogP contribution in [0.25, 0.3) is 0 Å². The molecule has 3 rings (SSSR count). The Morgan fingerprint density at radius 3 is 2.52 bits per heavy atom. The molecular formula is C20H23F2NO2. The first-order valence-electron chi connectivity index (χ1n) is 8.62. The molecule has 25 heavy (non-hydrogen) atoms. The molecule has 0 aromatic heterocycles. The summed E-state index contributed by atoms with van der Waals surface area (Å²) >= 11 is 0. The predicted molar refractivity (Wildman–Crippen MR) is 92.0 cm³/mol. The van der Waals surface area contributed by atoms with Crippen molar-refractivity contribution in [2.75, 3.05) is 19.6 Å². The number of hydrogen-bond acceptors (Lipinski definition) is 3. The Morgan fingerprint density at radius 1 is 1.08 bits per heavy atom. The second-order valence-electron chi connectivity index (χ2n) is 6.48. The number of aliphatic hydroxyl groups excluding tert-OH is 1. The van der Waals surface area contributed by atoms with E-state index in [1.54, 1.807) is 0 Å². The molecule has 1 heterocycles. The third-order valence-corrected chi connectivity index (χ3v) is 4.61. The lowest BCUT2D eigenvalue weighted by molar-refractivity contribution is -0.0111. The Kier molecular flexibility index (Phi) is 6.13. The summed E-state index contributed by atoms with van der Waals surface area (Å²) in [5, 5.41) is 10.2. The van der Waals surface area contributed by atoms with Gasteiger partial charge in [-0.25, -0.2) is 8.78 Å². The van der Waals surface area contributed by atoms with Crippen LogP contribution in [0.15, 0.2) is 48.5 Å². The van der Waals surface area contributed by atoms with Gasteiger partial charge in [-0.1, -0.05) is 30.3 Å². The number of rotatable bonds is 6. The largest absolute Gasteiger partial charge is 0.387 e. The summed E-state index contributed by atoms with van der Waals surface area (Å²) in [6.07, 6.45) is 0.896. The molecule has 1 aliphatic heterocycles. The average Bonchev–Trinajstić information content (AvgIpc) is 2.64. The average molecular weight is 347 g/mol. The minimum atomic E-state index is -1.03. The molecule has 1 atom stereocenters. The zero-order valence-corrected chi connectivity index (χ0v) is 14.1. The molecule has 5 heteroatoms. The molecule has 0 radical (unpaired) electrons. The lowest BCUT2D eigenvalue weighted by atomic mass is 10.0. The second-order valence-corrected chi connectivity index (χ2v) is 6.48. The first-order valence-corrected chi connectivity index (χ1v) is 8.62. The Bertz CT molecular complexity index is 673. The first-order chi connectivity index (χ1) is 12.1. The van der Waals surface area contributed by atoms with Crippen molar-refractivity contribution in [3.05, 3.63) is 71.3 Å². The van der Waals surface area contributed by atoms with E-state index in [0.717, 1.165) is 49.7 Å². The summed E-state index contributed by atoms with van der Waals surface area (Å²) in [6, 6.07) is 13.2. The zero-order chi connectivity index (χ0) is 17.6. The zero-order valence-electron chi connectivity index (χ0n) is 14.1. The SMILES string of the molecule is OC(CN1CCC(OCc2ccccc2)CC1)c1cc(F)ccc1F. The molecule has 2 aromatic rings. The fourth-order valence-electron chi connectivity index (χ4n) is 3.16. The number of nitrogens with zero attached hydrogens (tertiary/aromatic N) is 1. The summed E-state index contributed by atoms with van der Waals surface area (Å²) in [6.45, 7) is 2.44. The van der Waals surface area contributed by atoms with E-state index in [0.29, 0.717) is 13.2 Å². The van der Waals surface area contributed by atoms with Gasteiger partial charge in [0.2, 0.25) is 0 Å². The van der Waals surface area contributed by atoms with E-state index < -0.39 is 17.7 Å². The van der Waals surface area contributed by atoms with E-state index in [2.05, 4.69) is 4.90 Å². The minimum absolute atomic E-state index is 0.0162. The number of likely N-dealkylation sites (tertiary alicyclic amines) is 1. The fraction of sp³-hybridized carbons (Fsp3) is 0.400. The van der Waals surface area contributed by atoms with Gasteiger partial charge in [0.05, 0.1) is 18.8 Å². The smallest absolute Gasteiger partial charge is 0.129 e. The highest BCUT2D eigenvalue weighted by atomic mass is 19.1. The molecule has 1 fully saturated rings. The number of hydrogen-bond donors (Lipinski definition) is 1. The highest BCUT2D eigenvalue weighted by molar-refractivity contribution is 5.21. The number of aliphatic hydroxyl groups is 1. The van der Waals surface area contributed by atoms with Crippen molar-refractivity contribution >= 4 is 0 Å². The van der Waals surface area contributed by atoms with Gasteiger partial charge in [-0.15, -0.1) is 0 Å². The standard InChI is InChI=1S/C20H23F2NO2/c21-16-6-7-19(22)18(12-16)20(24)13-23-10-8-17(9-11-23)25-14-15-4-2-1-3-5-15/h1-7,12,17,20,24H,8-11,13-14H2. The van der Waals surface area contributed by atoms with Gasteiger partial charge in [0.25, 0.3) is 0 Å². The van der Waals surface area contributed by atoms with E-state index in [9.17, 15) is 13.9 Å². The third-order valence-electron chi connectivity index (χ3n) is 4.61. The topological polar surface area (TPSA) is 32.7 Å². The quantitative estimate of drug-likeness (QED) is 0.865. The molecule has 3 nitrogen and oxygen atoms in total. The lowest BCUT2D eigenvalue weighted by Crippen LogP contribution is -2.39. The molecule has 2 aromatic carbocycles. The number of piperidine rings is 1. The van der Waals surface area contributed by atoms with Crippen molar-refractivity contribution in [3.8, 4) is 0 Å². The summed E-state index contributed by atoms with van der Waals surface area (Å²) < 4.78 is 32.9. The second kappa shape index (κ2) is 8.52. The number of benzene rings is 2. The Balaban J connectivity index is 1.45. The number of halogens is 2. The maximum absolute atomic E-state index is 13.7. The Hall–Kier alpha value is -1.82. The van der Waals surface area contributed by atoms with E-state index in [1.165, 1.54) is 0 Å². The van der Waals surface area contributed by atoms with Gasteiger partial charge in [0, 0.05) is 25.2 Å². The van der Waals surface area contributed by atoms with E-state index in [1.807, 2.05) is 30.3 Å². The van der Waals surface area contributed by atoms with Gasteiger partial charge >= 0.3 is 0 Å². The molecule has 0 spiro atoms. The highest BCUT2D eigenvalue weighted by Crippen LogP contribution is 2.22. The van der Waals surface area contributed by atoms with Crippen molar-refractivity contribution in [1.29, 1.82) is 0 Å². The van der Waals surface area contributed by atoms with Crippen LogP contribution in [0.4, 0.5) is 8.78 Å². The first kappa shape index (κ1) is 18.0. The minimum Gasteiger partial charge on any atom is -0.387 e. The summed E-state index contributed by atoms with van der Waals surface area (Å²) in [7, 11) is 0. The Morgan fingerprint density at radius 2 is 1.80 bits per heavy atom. The van der Waals surface area contributed by atoms with Gasteiger partial charge in [-0.3, -0.25) is 0 Å². The van der Waals surface area contributed by atoms with Crippen LogP contribution in [0.3, 0.4) is 0 Å². The monoisotopic (exact) mass is 347 g/mol. The maximum atomic E-state index is 13.7. The maximum Gasteiger partial charge on any atom is 0.129 e. The Labute approximate surface area is 146 Å². The van der Waals surface area contributed by atoms with Gasteiger partial charge in [-0.05, 0) is 36.6 Å². The van der Waals surface area contributed by atoms with Gasteiger partial charge in [0.15, 0.2) is 0 Å². The number of ether oxygens (including phenoxy) is 1. The molecule has 134 valence electrons. The molecule has 1 N–H and O–H groups in total. The van der Waals surface area contributed by atoms with Crippen LogP contribution in [0.2, 0.25) is 0 Å². The van der Waals surface area contributed by atoms with Crippen LogP contribution < -0.4 is 0 Å². The molecule has 0 bridgehead atoms. The highest BCUT2D eigenvalue weighted by Gasteiger charge is 2.23. The summed E-state index contributed by atoms with van der Waals surface area (Å²) in [5.41, 5.74) is 1.17. The molecule has 0 amide bonds. The molecule has 1 aliphatic rings. The van der Waals surface area contributed by atoms with Crippen molar-refractivity contribution in [3.63, 3.8) is 0 Å². The van der Waals surface area contributed by atoms with Gasteiger partial charge in [-0.2, -0.15) is 0 Å². The summed E-state index contributed by atoms with van der Waals surface area (Å²) in [4.78, 5) is 2.07. The summed E-state index contributed by atoms with van der Waals surface area (Å²) in [5.74, 6) is -1.11. The van der Waals surface area contributed by atoms with Gasteiger partial charge in [0.1, 0.15) is 11.6 Å². The third kappa shape index (κ3) is 5.08. The molecule has 1 saturated heterocycles. The van der Waals surface area contributed by atoms with Crippen LogP contribution in [0.5, 0.6) is 0 Å². The van der Waals surface area contributed by atoms with Crippen LogP contribution in [0.1, 0.15) is 30.1 Å². The van der Waals surface area contributed by atoms with Crippen molar-refractivity contribution in [2.24, 2.45) is 0 Å². The molecule has 1 unspecified atom stereocenters.